The molecule has 1 aromatic carbocycles. The summed E-state index contributed by atoms with van der Waals surface area (Å²) in [5.41, 5.74) is 1.19. The van der Waals surface area contributed by atoms with Crippen LogP contribution in [0.5, 0.6) is 11.5 Å². The fourth-order valence-electron chi connectivity index (χ4n) is 1.88. The van der Waals surface area contributed by atoms with Crippen molar-refractivity contribution in [3.05, 3.63) is 23.8 Å². The van der Waals surface area contributed by atoms with E-state index in [4.69, 9.17) is 14.6 Å². The average molecular weight is 253 g/mol. The van der Waals surface area contributed by atoms with Crippen molar-refractivity contribution in [2.24, 2.45) is 0 Å². The lowest BCUT2D eigenvalue weighted by Crippen LogP contribution is -2.24. The van der Waals surface area contributed by atoms with Gasteiger partial charge in [-0.15, -0.1) is 0 Å². The molecule has 0 radical (unpaired) electrons. The van der Waals surface area contributed by atoms with Gasteiger partial charge in [0.05, 0.1) is 14.2 Å². The molecule has 4 nitrogen and oxygen atoms in total. The van der Waals surface area contributed by atoms with Crippen LogP contribution in [0.3, 0.4) is 0 Å². The second kappa shape index (κ2) is 7.95. The van der Waals surface area contributed by atoms with E-state index in [1.807, 2.05) is 18.2 Å². The fraction of sp³-hybridized carbons (Fsp3) is 0.571. The number of ether oxygens (including phenoxy) is 2. The first kappa shape index (κ1) is 14.8. The van der Waals surface area contributed by atoms with Gasteiger partial charge in [0.15, 0.2) is 11.5 Å². The SMILES string of the molecule is CCN(CCCO)Cc1ccc(OC)c(OC)c1. The van der Waals surface area contributed by atoms with E-state index < -0.39 is 0 Å². The van der Waals surface area contributed by atoms with Crippen molar-refractivity contribution >= 4 is 0 Å². The summed E-state index contributed by atoms with van der Waals surface area (Å²) in [5.74, 6) is 1.51. The molecule has 0 saturated carbocycles. The van der Waals surface area contributed by atoms with Gasteiger partial charge in [0, 0.05) is 19.7 Å². The van der Waals surface area contributed by atoms with Crippen LogP contribution in [-0.4, -0.2) is 43.9 Å². The summed E-state index contributed by atoms with van der Waals surface area (Å²) in [5, 5.41) is 8.86. The fourth-order valence-corrected chi connectivity index (χ4v) is 1.88. The van der Waals surface area contributed by atoms with Crippen LogP contribution >= 0.6 is 0 Å². The van der Waals surface area contributed by atoms with Gasteiger partial charge in [-0.1, -0.05) is 13.0 Å². The molecule has 0 saturated heterocycles. The lowest BCUT2D eigenvalue weighted by atomic mass is 10.2. The number of methoxy groups -OCH3 is 2. The van der Waals surface area contributed by atoms with Gasteiger partial charge in [-0.2, -0.15) is 0 Å². The second-order valence-corrected chi connectivity index (χ2v) is 4.14. The van der Waals surface area contributed by atoms with Crippen LogP contribution in [0, 0.1) is 0 Å². The maximum atomic E-state index is 8.86. The van der Waals surface area contributed by atoms with Gasteiger partial charge in [-0.25, -0.2) is 0 Å². The predicted molar refractivity (Wildman–Crippen MR) is 72.2 cm³/mol. The molecule has 1 N–H and O–H groups in total. The van der Waals surface area contributed by atoms with Crippen molar-refractivity contribution in [3.8, 4) is 11.5 Å². The molecule has 0 aliphatic heterocycles. The summed E-state index contributed by atoms with van der Waals surface area (Å²) in [6.45, 7) is 5.09. The summed E-state index contributed by atoms with van der Waals surface area (Å²) in [4.78, 5) is 2.29. The summed E-state index contributed by atoms with van der Waals surface area (Å²) in [6.07, 6.45) is 0.807. The quantitative estimate of drug-likeness (QED) is 0.768. The Labute approximate surface area is 109 Å². The molecule has 1 aromatic rings. The highest BCUT2D eigenvalue weighted by Crippen LogP contribution is 2.27. The van der Waals surface area contributed by atoms with E-state index in [-0.39, 0.29) is 6.61 Å². The minimum absolute atomic E-state index is 0.239. The molecule has 0 spiro atoms. The zero-order chi connectivity index (χ0) is 13.4. The Morgan fingerprint density at radius 1 is 1.17 bits per heavy atom. The van der Waals surface area contributed by atoms with E-state index >= 15 is 0 Å². The molecule has 102 valence electrons. The third-order valence-corrected chi connectivity index (χ3v) is 2.93. The summed E-state index contributed by atoms with van der Waals surface area (Å²) in [7, 11) is 3.28. The highest BCUT2D eigenvalue weighted by atomic mass is 16.5. The van der Waals surface area contributed by atoms with Crippen molar-refractivity contribution in [2.75, 3.05) is 33.9 Å². The molecule has 0 aliphatic carbocycles. The first-order chi connectivity index (χ1) is 8.74. The Morgan fingerprint density at radius 3 is 2.44 bits per heavy atom. The zero-order valence-corrected chi connectivity index (χ0v) is 11.5. The number of nitrogens with zero attached hydrogens (tertiary/aromatic N) is 1. The van der Waals surface area contributed by atoms with Gasteiger partial charge in [0.2, 0.25) is 0 Å². The Morgan fingerprint density at radius 2 is 1.89 bits per heavy atom. The predicted octanol–water partition coefficient (Wildman–Crippen LogP) is 1.91. The van der Waals surface area contributed by atoms with Crippen molar-refractivity contribution in [2.45, 2.75) is 19.9 Å². The van der Waals surface area contributed by atoms with Crippen LogP contribution in [0.25, 0.3) is 0 Å². The van der Waals surface area contributed by atoms with E-state index in [2.05, 4.69) is 11.8 Å². The highest BCUT2D eigenvalue weighted by molar-refractivity contribution is 5.42. The smallest absolute Gasteiger partial charge is 0.161 e. The highest BCUT2D eigenvalue weighted by Gasteiger charge is 2.07. The largest absolute Gasteiger partial charge is 0.493 e. The molecular weight excluding hydrogens is 230 g/mol. The van der Waals surface area contributed by atoms with Crippen LogP contribution in [0.1, 0.15) is 18.9 Å². The lowest BCUT2D eigenvalue weighted by Gasteiger charge is -2.20. The second-order valence-electron chi connectivity index (χ2n) is 4.14. The zero-order valence-electron chi connectivity index (χ0n) is 11.5. The van der Waals surface area contributed by atoms with Crippen LogP contribution in [0.15, 0.2) is 18.2 Å². The van der Waals surface area contributed by atoms with Crippen molar-refractivity contribution in [1.29, 1.82) is 0 Å². The molecule has 0 atom stereocenters. The number of hydrogen-bond donors (Lipinski definition) is 1. The van der Waals surface area contributed by atoms with Gasteiger partial charge in [0.25, 0.3) is 0 Å². The Kier molecular flexibility index (Phi) is 6.54. The number of aliphatic hydroxyl groups is 1. The van der Waals surface area contributed by atoms with Crippen LogP contribution in [0.4, 0.5) is 0 Å². The van der Waals surface area contributed by atoms with Crippen LogP contribution in [0.2, 0.25) is 0 Å². The minimum Gasteiger partial charge on any atom is -0.493 e. The molecule has 0 aromatic heterocycles. The van der Waals surface area contributed by atoms with Gasteiger partial charge in [-0.05, 0) is 30.7 Å². The molecule has 18 heavy (non-hydrogen) atoms. The van der Waals surface area contributed by atoms with Crippen molar-refractivity contribution in [3.63, 3.8) is 0 Å². The average Bonchev–Trinajstić information content (AvgIpc) is 2.43. The summed E-state index contributed by atoms with van der Waals surface area (Å²) < 4.78 is 10.5. The molecule has 0 unspecified atom stereocenters. The molecule has 0 aliphatic rings. The van der Waals surface area contributed by atoms with Crippen LogP contribution in [-0.2, 0) is 6.54 Å². The first-order valence-corrected chi connectivity index (χ1v) is 6.29. The first-order valence-electron chi connectivity index (χ1n) is 6.29. The molecule has 1 rings (SSSR count). The standard InChI is InChI=1S/C14H23NO3/c1-4-15(8-5-9-16)11-12-6-7-13(17-2)14(10-12)18-3/h6-7,10,16H,4-5,8-9,11H2,1-3H3. The van der Waals surface area contributed by atoms with Crippen LogP contribution < -0.4 is 9.47 Å². The van der Waals surface area contributed by atoms with Gasteiger partial charge in [0.1, 0.15) is 0 Å². The Bertz CT molecular complexity index is 355. The minimum atomic E-state index is 0.239. The number of rotatable bonds is 8. The maximum Gasteiger partial charge on any atom is 0.161 e. The maximum absolute atomic E-state index is 8.86. The topological polar surface area (TPSA) is 41.9 Å². The summed E-state index contributed by atoms with van der Waals surface area (Å²) >= 11 is 0. The Hall–Kier alpha value is -1.26. The van der Waals surface area contributed by atoms with Crippen molar-refractivity contribution in [1.82, 2.24) is 4.90 Å². The van der Waals surface area contributed by atoms with E-state index in [0.717, 1.165) is 37.6 Å². The van der Waals surface area contributed by atoms with E-state index in [9.17, 15) is 0 Å². The third kappa shape index (κ3) is 4.20. The van der Waals surface area contributed by atoms with Crippen molar-refractivity contribution < 1.29 is 14.6 Å². The van der Waals surface area contributed by atoms with E-state index in [1.54, 1.807) is 14.2 Å². The molecular formula is C14H23NO3. The Balaban J connectivity index is 2.71. The lowest BCUT2D eigenvalue weighted by molar-refractivity contribution is 0.225. The number of hydrogen-bond acceptors (Lipinski definition) is 4. The monoisotopic (exact) mass is 253 g/mol. The summed E-state index contributed by atoms with van der Waals surface area (Å²) in [6, 6.07) is 5.97. The van der Waals surface area contributed by atoms with Gasteiger partial charge in [-0.3, -0.25) is 4.90 Å². The molecule has 0 bridgehead atoms. The number of benzene rings is 1. The molecule has 0 amide bonds. The molecule has 4 heteroatoms. The van der Waals surface area contributed by atoms with Gasteiger partial charge >= 0.3 is 0 Å². The molecule has 0 fully saturated rings. The number of aliphatic hydroxyl groups excluding tert-OH is 1. The molecule has 0 heterocycles. The van der Waals surface area contributed by atoms with E-state index in [1.165, 1.54) is 5.56 Å². The van der Waals surface area contributed by atoms with E-state index in [0.29, 0.717) is 0 Å². The normalized spacial score (nSPS) is 10.7. The third-order valence-electron chi connectivity index (χ3n) is 2.93. The van der Waals surface area contributed by atoms with Gasteiger partial charge < -0.3 is 14.6 Å².